The summed E-state index contributed by atoms with van der Waals surface area (Å²) in [5, 5.41) is 4.60. The Morgan fingerprint density at radius 2 is 2.10 bits per heavy atom. The van der Waals surface area contributed by atoms with E-state index in [1.807, 2.05) is 24.1 Å². The summed E-state index contributed by atoms with van der Waals surface area (Å²) in [7, 11) is 0. The van der Waals surface area contributed by atoms with Gasteiger partial charge in [0, 0.05) is 36.7 Å². The van der Waals surface area contributed by atoms with Gasteiger partial charge in [-0.3, -0.25) is 4.79 Å². The highest BCUT2D eigenvalue weighted by molar-refractivity contribution is 5.83. The normalized spacial score (nSPS) is 17.1. The quantitative estimate of drug-likeness (QED) is 0.907. The van der Waals surface area contributed by atoms with Gasteiger partial charge in [-0.2, -0.15) is 0 Å². The van der Waals surface area contributed by atoms with Crippen LogP contribution in [0.3, 0.4) is 0 Å². The van der Waals surface area contributed by atoms with Crippen LogP contribution in [0.4, 0.5) is 0 Å². The Balaban J connectivity index is 1.61. The van der Waals surface area contributed by atoms with Gasteiger partial charge >= 0.3 is 0 Å². The molecule has 112 valence electrons. The summed E-state index contributed by atoms with van der Waals surface area (Å²) in [6.07, 6.45) is 5.49. The summed E-state index contributed by atoms with van der Waals surface area (Å²) >= 11 is 0. The van der Waals surface area contributed by atoms with Gasteiger partial charge in [-0.15, -0.1) is 0 Å². The zero-order chi connectivity index (χ0) is 14.7. The topological polar surface area (TPSA) is 48.1 Å². The number of aromatic nitrogens is 1. The van der Waals surface area contributed by atoms with Crippen LogP contribution in [0, 0.1) is 0 Å². The smallest absolute Gasteiger partial charge is 0.239 e. The molecule has 0 bridgehead atoms. The Bertz CT molecular complexity index is 613. The van der Waals surface area contributed by atoms with Crippen LogP contribution in [0.15, 0.2) is 30.5 Å². The molecule has 0 aliphatic carbocycles. The molecule has 2 N–H and O–H groups in total. The molecule has 1 fully saturated rings. The molecule has 0 saturated carbocycles. The number of carbonyl (C=O) groups excluding carboxylic acids is 1. The van der Waals surface area contributed by atoms with E-state index in [4.69, 9.17) is 0 Å². The molecule has 1 atom stereocenters. The molecule has 1 aliphatic heterocycles. The number of likely N-dealkylation sites (tertiary alicyclic amines) is 1. The summed E-state index contributed by atoms with van der Waals surface area (Å²) < 4.78 is 0. The Morgan fingerprint density at radius 3 is 2.90 bits per heavy atom. The molecule has 0 radical (unpaired) electrons. The van der Waals surface area contributed by atoms with E-state index in [1.165, 1.54) is 17.4 Å². The molecule has 3 rings (SSSR count). The van der Waals surface area contributed by atoms with E-state index in [-0.39, 0.29) is 11.9 Å². The van der Waals surface area contributed by atoms with Crippen LogP contribution in [-0.2, 0) is 11.3 Å². The number of benzene rings is 1. The number of aromatic amines is 1. The minimum absolute atomic E-state index is 0.128. The van der Waals surface area contributed by atoms with Crippen LogP contribution in [0.5, 0.6) is 0 Å². The minimum atomic E-state index is -0.128. The molecular formula is C17H23N3O. The molecule has 2 heterocycles. The molecule has 2 aromatic rings. The molecule has 1 amide bonds. The third-order valence-electron chi connectivity index (χ3n) is 4.32. The maximum atomic E-state index is 12.4. The van der Waals surface area contributed by atoms with Gasteiger partial charge in [0.25, 0.3) is 0 Å². The van der Waals surface area contributed by atoms with Gasteiger partial charge in [-0.25, -0.2) is 0 Å². The third kappa shape index (κ3) is 3.10. The zero-order valence-electron chi connectivity index (χ0n) is 12.6. The van der Waals surface area contributed by atoms with Crippen molar-refractivity contribution in [2.24, 2.45) is 0 Å². The molecule has 1 aromatic carbocycles. The van der Waals surface area contributed by atoms with Crippen LogP contribution in [0.2, 0.25) is 0 Å². The van der Waals surface area contributed by atoms with Crippen molar-refractivity contribution in [3.63, 3.8) is 0 Å². The van der Waals surface area contributed by atoms with Gasteiger partial charge in [0.1, 0.15) is 0 Å². The zero-order valence-corrected chi connectivity index (χ0v) is 12.6. The average Bonchev–Trinajstić information content (AvgIpc) is 3.02. The van der Waals surface area contributed by atoms with Crippen LogP contribution in [0.1, 0.15) is 31.7 Å². The number of piperidine rings is 1. The second-order valence-corrected chi connectivity index (χ2v) is 5.84. The van der Waals surface area contributed by atoms with Crippen molar-refractivity contribution >= 4 is 16.8 Å². The van der Waals surface area contributed by atoms with Crippen LogP contribution in [-0.4, -0.2) is 34.9 Å². The number of hydrogen-bond acceptors (Lipinski definition) is 2. The van der Waals surface area contributed by atoms with Crippen LogP contribution < -0.4 is 5.32 Å². The van der Waals surface area contributed by atoms with Gasteiger partial charge in [-0.05, 0) is 43.9 Å². The summed E-state index contributed by atoms with van der Waals surface area (Å²) in [4.78, 5) is 17.6. The van der Waals surface area contributed by atoms with E-state index in [0.717, 1.165) is 38.0 Å². The maximum absolute atomic E-state index is 12.4. The number of hydrogen-bond donors (Lipinski definition) is 2. The molecule has 4 heteroatoms. The summed E-state index contributed by atoms with van der Waals surface area (Å²) in [5.74, 6) is 0.232. The molecule has 0 spiro atoms. The Kier molecular flexibility index (Phi) is 4.25. The van der Waals surface area contributed by atoms with Crippen molar-refractivity contribution in [3.8, 4) is 0 Å². The van der Waals surface area contributed by atoms with E-state index < -0.39 is 0 Å². The number of fused-ring (bicyclic) bond motifs is 1. The monoisotopic (exact) mass is 285 g/mol. The van der Waals surface area contributed by atoms with Crippen molar-refractivity contribution in [2.45, 2.75) is 38.8 Å². The van der Waals surface area contributed by atoms with Gasteiger partial charge in [-0.1, -0.05) is 12.1 Å². The highest BCUT2D eigenvalue weighted by Crippen LogP contribution is 2.17. The fourth-order valence-electron chi connectivity index (χ4n) is 3.04. The van der Waals surface area contributed by atoms with Gasteiger partial charge in [0.05, 0.1) is 6.04 Å². The Hall–Kier alpha value is -1.81. The predicted octanol–water partition coefficient (Wildman–Crippen LogP) is 2.66. The molecule has 1 aliphatic rings. The number of H-pyrrole nitrogens is 1. The lowest BCUT2D eigenvalue weighted by molar-refractivity contribution is -0.133. The average molecular weight is 285 g/mol. The molecule has 1 saturated heterocycles. The van der Waals surface area contributed by atoms with Gasteiger partial charge in [0.2, 0.25) is 5.91 Å². The number of rotatable bonds is 4. The van der Waals surface area contributed by atoms with E-state index in [2.05, 4.69) is 28.5 Å². The largest absolute Gasteiger partial charge is 0.361 e. The number of amides is 1. The second-order valence-electron chi connectivity index (χ2n) is 5.84. The predicted molar refractivity (Wildman–Crippen MR) is 85.0 cm³/mol. The summed E-state index contributed by atoms with van der Waals surface area (Å²) in [6.45, 7) is 4.51. The molecule has 21 heavy (non-hydrogen) atoms. The van der Waals surface area contributed by atoms with E-state index in [1.54, 1.807) is 0 Å². The fourth-order valence-corrected chi connectivity index (χ4v) is 3.04. The maximum Gasteiger partial charge on any atom is 0.239 e. The van der Waals surface area contributed by atoms with Crippen LogP contribution >= 0.6 is 0 Å². The SMILES string of the molecule is CC(NCc1cccc2[nH]ccc12)C(=O)N1CCCCC1. The summed E-state index contributed by atoms with van der Waals surface area (Å²) in [5.41, 5.74) is 2.37. The fraction of sp³-hybridized carbons (Fsp3) is 0.471. The van der Waals surface area contributed by atoms with Crippen molar-refractivity contribution in [1.82, 2.24) is 15.2 Å². The van der Waals surface area contributed by atoms with Crippen molar-refractivity contribution < 1.29 is 4.79 Å². The first-order chi connectivity index (χ1) is 10.3. The third-order valence-corrected chi connectivity index (χ3v) is 4.32. The second kappa shape index (κ2) is 6.31. The molecule has 1 aromatic heterocycles. The lowest BCUT2D eigenvalue weighted by atomic mass is 10.1. The number of nitrogens with zero attached hydrogens (tertiary/aromatic N) is 1. The first kappa shape index (κ1) is 14.1. The molecule has 1 unspecified atom stereocenters. The molecule has 4 nitrogen and oxygen atoms in total. The highest BCUT2D eigenvalue weighted by atomic mass is 16.2. The first-order valence-corrected chi connectivity index (χ1v) is 7.83. The van der Waals surface area contributed by atoms with Gasteiger partial charge in [0.15, 0.2) is 0 Å². The lowest BCUT2D eigenvalue weighted by Crippen LogP contribution is -2.46. The standard InChI is InChI=1S/C17H23N3O/c1-13(17(21)20-10-3-2-4-11-20)19-12-14-6-5-7-16-15(14)8-9-18-16/h5-9,13,18-19H,2-4,10-12H2,1H3. The van der Waals surface area contributed by atoms with Crippen molar-refractivity contribution in [3.05, 3.63) is 36.0 Å². The first-order valence-electron chi connectivity index (χ1n) is 7.83. The van der Waals surface area contributed by atoms with Gasteiger partial charge < -0.3 is 15.2 Å². The van der Waals surface area contributed by atoms with E-state index in [9.17, 15) is 4.79 Å². The van der Waals surface area contributed by atoms with Crippen LogP contribution in [0.25, 0.3) is 10.9 Å². The van der Waals surface area contributed by atoms with Crippen molar-refractivity contribution in [2.75, 3.05) is 13.1 Å². The minimum Gasteiger partial charge on any atom is -0.361 e. The molecular weight excluding hydrogens is 262 g/mol. The summed E-state index contributed by atoms with van der Waals surface area (Å²) in [6, 6.07) is 8.19. The lowest BCUT2D eigenvalue weighted by Gasteiger charge is -2.29. The number of carbonyl (C=O) groups is 1. The Labute approximate surface area is 125 Å². The Morgan fingerprint density at radius 1 is 1.29 bits per heavy atom. The van der Waals surface area contributed by atoms with Crippen molar-refractivity contribution in [1.29, 1.82) is 0 Å². The van der Waals surface area contributed by atoms with E-state index >= 15 is 0 Å². The highest BCUT2D eigenvalue weighted by Gasteiger charge is 2.21. The number of nitrogens with one attached hydrogen (secondary N) is 2. The van der Waals surface area contributed by atoms with E-state index in [0.29, 0.717) is 0 Å².